The second kappa shape index (κ2) is 10.9. The van der Waals surface area contributed by atoms with Crippen molar-refractivity contribution in [3.63, 3.8) is 0 Å². The number of hydrogen-bond donors (Lipinski definition) is 0. The number of nitrogens with zero attached hydrogens (tertiary/aromatic N) is 4. The van der Waals surface area contributed by atoms with Crippen LogP contribution in [0.4, 0.5) is 8.78 Å². The minimum absolute atomic E-state index is 0.0265. The number of alkyl halides is 2. The average Bonchev–Trinajstić information content (AvgIpc) is 3.67. The van der Waals surface area contributed by atoms with Gasteiger partial charge in [0.15, 0.2) is 0 Å². The Kier molecular flexibility index (Phi) is 7.21. The molecule has 0 atom stereocenters. The molecule has 0 spiro atoms. The maximum atomic E-state index is 13.6. The van der Waals surface area contributed by atoms with Crippen LogP contribution in [0.3, 0.4) is 0 Å². The van der Waals surface area contributed by atoms with Gasteiger partial charge in [0, 0.05) is 34.4 Å². The zero-order chi connectivity index (χ0) is 27.5. The molecular weight excluding hydrogens is 518 g/mol. The van der Waals surface area contributed by atoms with Crippen LogP contribution in [0.25, 0.3) is 28.0 Å². The van der Waals surface area contributed by atoms with E-state index in [1.54, 1.807) is 42.1 Å². The molecule has 0 aliphatic heterocycles. The van der Waals surface area contributed by atoms with Gasteiger partial charge >= 0.3 is 6.61 Å². The number of aryl methyl sites for hydroxylation is 1. The largest absolute Gasteiger partial charge is 0.435 e. The van der Waals surface area contributed by atoms with Gasteiger partial charge < -0.3 is 9.30 Å². The third kappa shape index (κ3) is 5.28. The summed E-state index contributed by atoms with van der Waals surface area (Å²) in [6, 6.07) is 23.4. The van der Waals surface area contributed by atoms with Crippen LogP contribution in [0.5, 0.6) is 5.75 Å². The van der Waals surface area contributed by atoms with Crippen molar-refractivity contribution >= 4 is 23.2 Å². The van der Waals surface area contributed by atoms with Gasteiger partial charge in [-0.3, -0.25) is 4.79 Å². The number of Topliss-reactive ketones (excluding diaryl/α,β-unsaturated/α-hetero) is 1. The van der Waals surface area contributed by atoms with Gasteiger partial charge in [-0.15, -0.1) is 11.3 Å². The second-order valence-corrected chi connectivity index (χ2v) is 9.63. The fourth-order valence-electron chi connectivity index (χ4n) is 4.43. The Balaban J connectivity index is 1.52. The first-order valence-electron chi connectivity index (χ1n) is 12.0. The van der Waals surface area contributed by atoms with Crippen molar-refractivity contribution in [3.05, 3.63) is 112 Å². The molecule has 5 aromatic rings. The lowest BCUT2D eigenvalue weighted by Crippen LogP contribution is -2.06. The smallest absolute Gasteiger partial charge is 0.387 e. The van der Waals surface area contributed by atoms with Gasteiger partial charge in [-0.2, -0.15) is 19.1 Å². The van der Waals surface area contributed by atoms with Crippen LogP contribution in [0.1, 0.15) is 27.3 Å². The number of ketones is 1. The van der Waals surface area contributed by atoms with Crippen LogP contribution in [-0.2, 0) is 0 Å². The van der Waals surface area contributed by atoms with Crippen LogP contribution in [0, 0.1) is 25.2 Å². The van der Waals surface area contributed by atoms with E-state index in [1.807, 2.05) is 59.3 Å². The molecule has 9 heteroatoms. The molecule has 39 heavy (non-hydrogen) atoms. The molecule has 0 fully saturated rings. The molecule has 0 aliphatic rings. The highest BCUT2D eigenvalue weighted by molar-refractivity contribution is 7.13. The first-order valence-corrected chi connectivity index (χ1v) is 12.8. The highest BCUT2D eigenvalue weighted by Crippen LogP contribution is 2.31. The summed E-state index contributed by atoms with van der Waals surface area (Å²) < 4.78 is 33.0. The van der Waals surface area contributed by atoms with E-state index in [9.17, 15) is 18.8 Å². The van der Waals surface area contributed by atoms with Crippen LogP contribution < -0.4 is 4.74 Å². The molecule has 0 saturated heterocycles. The number of thiophene rings is 1. The number of hydrogen-bond acceptors (Lipinski definition) is 5. The number of allylic oxidation sites excluding steroid dienone is 1. The van der Waals surface area contributed by atoms with Crippen LogP contribution in [0.2, 0.25) is 0 Å². The molecule has 0 bridgehead atoms. The lowest BCUT2D eigenvalue weighted by Gasteiger charge is -2.11. The Morgan fingerprint density at radius 3 is 2.44 bits per heavy atom. The summed E-state index contributed by atoms with van der Waals surface area (Å²) in [7, 11) is 0. The Hall–Kier alpha value is -4.81. The fraction of sp³-hybridized carbons (Fsp3) is 0.100. The standard InChI is InChI=1S/C30H22F2N4O2S/c1-19-15-26(20(2)36(19)24-10-12-25(13-11-24)38-30(31)32)29(37)21(17-33)16-22-18-35(23-7-4-3-5-8-23)34-28(22)27-9-6-14-39-27/h3-16,18,30H,1-2H3/b21-16-. The van der Waals surface area contributed by atoms with E-state index in [0.717, 1.165) is 16.3 Å². The number of aromatic nitrogens is 3. The van der Waals surface area contributed by atoms with E-state index >= 15 is 0 Å². The molecule has 0 N–H and O–H groups in total. The molecule has 0 aliphatic carbocycles. The van der Waals surface area contributed by atoms with Crippen molar-refractivity contribution < 1.29 is 18.3 Å². The topological polar surface area (TPSA) is 72.8 Å². The monoisotopic (exact) mass is 540 g/mol. The van der Waals surface area contributed by atoms with Crippen molar-refractivity contribution in [2.45, 2.75) is 20.5 Å². The maximum absolute atomic E-state index is 13.6. The number of benzene rings is 2. The molecule has 3 aromatic heterocycles. The summed E-state index contributed by atoms with van der Waals surface area (Å²) in [6.07, 6.45) is 3.38. The Morgan fingerprint density at radius 1 is 1.05 bits per heavy atom. The summed E-state index contributed by atoms with van der Waals surface area (Å²) in [6.45, 7) is 0.706. The quantitative estimate of drug-likeness (QED) is 0.117. The van der Waals surface area contributed by atoms with Gasteiger partial charge in [-0.25, -0.2) is 4.68 Å². The van der Waals surface area contributed by atoms with Crippen LogP contribution in [-0.4, -0.2) is 26.7 Å². The fourth-order valence-corrected chi connectivity index (χ4v) is 5.16. The highest BCUT2D eigenvalue weighted by atomic mass is 32.1. The van der Waals surface area contributed by atoms with Gasteiger partial charge in [0.1, 0.15) is 23.1 Å². The molecule has 0 saturated carbocycles. The van der Waals surface area contributed by atoms with E-state index in [1.165, 1.54) is 23.5 Å². The normalized spacial score (nSPS) is 11.5. The summed E-state index contributed by atoms with van der Waals surface area (Å²) in [5.74, 6) is -0.376. The molecule has 3 heterocycles. The zero-order valence-corrected chi connectivity index (χ0v) is 21.8. The lowest BCUT2D eigenvalue weighted by atomic mass is 10.0. The Labute approximate surface area is 227 Å². The van der Waals surface area contributed by atoms with Crippen molar-refractivity contribution in [3.8, 4) is 33.8 Å². The zero-order valence-electron chi connectivity index (χ0n) is 21.0. The number of nitriles is 1. The van der Waals surface area contributed by atoms with Crippen molar-refractivity contribution in [1.82, 2.24) is 14.3 Å². The number of para-hydroxylation sites is 1. The molecular formula is C30H22F2N4O2S. The van der Waals surface area contributed by atoms with E-state index in [2.05, 4.69) is 10.8 Å². The second-order valence-electron chi connectivity index (χ2n) is 8.68. The molecule has 0 amide bonds. The number of carbonyl (C=O) groups excluding carboxylic acids is 1. The van der Waals surface area contributed by atoms with E-state index in [0.29, 0.717) is 28.2 Å². The molecule has 5 rings (SSSR count). The summed E-state index contributed by atoms with van der Waals surface area (Å²) >= 11 is 1.52. The van der Waals surface area contributed by atoms with E-state index in [-0.39, 0.29) is 11.3 Å². The predicted octanol–water partition coefficient (Wildman–Crippen LogP) is 7.40. The molecule has 194 valence electrons. The van der Waals surface area contributed by atoms with Gasteiger partial charge in [0.05, 0.1) is 10.6 Å². The minimum atomic E-state index is -2.91. The average molecular weight is 541 g/mol. The van der Waals surface area contributed by atoms with Crippen molar-refractivity contribution in [2.24, 2.45) is 0 Å². The third-order valence-electron chi connectivity index (χ3n) is 6.18. The summed E-state index contributed by atoms with van der Waals surface area (Å²) in [4.78, 5) is 14.5. The van der Waals surface area contributed by atoms with Crippen LogP contribution >= 0.6 is 11.3 Å². The predicted molar refractivity (Wildman–Crippen MR) is 147 cm³/mol. The molecule has 0 unspecified atom stereocenters. The Morgan fingerprint density at radius 2 is 1.79 bits per heavy atom. The Bertz CT molecular complexity index is 1690. The van der Waals surface area contributed by atoms with Crippen LogP contribution in [0.15, 0.2) is 89.9 Å². The number of rotatable bonds is 8. The molecule has 0 radical (unpaired) electrons. The van der Waals surface area contributed by atoms with Gasteiger partial charge in [0.25, 0.3) is 0 Å². The van der Waals surface area contributed by atoms with E-state index in [4.69, 9.17) is 5.10 Å². The SMILES string of the molecule is Cc1cc(C(=O)/C(C#N)=C\c2cn(-c3ccccc3)nc2-c2cccs2)c(C)n1-c1ccc(OC(F)F)cc1. The van der Waals surface area contributed by atoms with Gasteiger partial charge in [-0.1, -0.05) is 24.3 Å². The highest BCUT2D eigenvalue weighted by Gasteiger charge is 2.22. The summed E-state index contributed by atoms with van der Waals surface area (Å²) in [5.41, 5.74) is 4.58. The van der Waals surface area contributed by atoms with Crippen molar-refractivity contribution in [1.29, 1.82) is 5.26 Å². The first-order chi connectivity index (χ1) is 18.9. The molecule has 6 nitrogen and oxygen atoms in total. The van der Waals surface area contributed by atoms with Gasteiger partial charge in [-0.05, 0) is 73.8 Å². The number of ether oxygens (including phenoxy) is 1. The van der Waals surface area contributed by atoms with Gasteiger partial charge in [0.2, 0.25) is 5.78 Å². The first kappa shape index (κ1) is 25.8. The third-order valence-corrected chi connectivity index (χ3v) is 7.06. The van der Waals surface area contributed by atoms with Crippen molar-refractivity contribution in [2.75, 3.05) is 0 Å². The number of halogens is 2. The van der Waals surface area contributed by atoms with E-state index < -0.39 is 12.4 Å². The number of carbonyl (C=O) groups is 1. The molecule has 2 aromatic carbocycles. The lowest BCUT2D eigenvalue weighted by molar-refractivity contribution is -0.0498. The maximum Gasteiger partial charge on any atom is 0.387 e. The summed E-state index contributed by atoms with van der Waals surface area (Å²) in [5, 5.41) is 16.7. The minimum Gasteiger partial charge on any atom is -0.435 e.